The molecule has 2 aromatic carbocycles. The first-order chi connectivity index (χ1) is 9.99. The Kier molecular flexibility index (Phi) is 4.86. The van der Waals surface area contributed by atoms with E-state index in [0.29, 0.717) is 11.1 Å². The van der Waals surface area contributed by atoms with E-state index in [0.717, 1.165) is 5.56 Å². The van der Waals surface area contributed by atoms with Crippen LogP contribution in [0.25, 0.3) is 0 Å². The van der Waals surface area contributed by atoms with E-state index in [2.05, 4.69) is 0 Å². The number of hydrogen-bond acceptors (Lipinski definition) is 2. The number of rotatable bonds is 5. The van der Waals surface area contributed by atoms with Gasteiger partial charge in [-0.2, -0.15) is 0 Å². The molecule has 0 amide bonds. The molecule has 2 nitrogen and oxygen atoms in total. The molecule has 2 rings (SSSR count). The van der Waals surface area contributed by atoms with Crippen molar-refractivity contribution in [2.75, 3.05) is 13.6 Å². The van der Waals surface area contributed by atoms with E-state index < -0.39 is 0 Å². The molecule has 0 N–H and O–H groups in total. The second kappa shape index (κ2) is 6.64. The van der Waals surface area contributed by atoms with Crippen LogP contribution in [0.15, 0.2) is 48.5 Å². The summed E-state index contributed by atoms with van der Waals surface area (Å²) in [4.78, 5) is 14.1. The van der Waals surface area contributed by atoms with Crippen LogP contribution in [0.3, 0.4) is 0 Å². The fourth-order valence-electron chi connectivity index (χ4n) is 2.25. The first kappa shape index (κ1) is 15.4. The van der Waals surface area contributed by atoms with Gasteiger partial charge < -0.3 is 0 Å². The fraction of sp³-hybridized carbons (Fsp3) is 0.278. The largest absolute Gasteiger partial charge is 0.293 e. The van der Waals surface area contributed by atoms with Crippen molar-refractivity contribution in [2.45, 2.75) is 19.9 Å². The summed E-state index contributed by atoms with van der Waals surface area (Å²) in [5.41, 5.74) is 2.42. The van der Waals surface area contributed by atoms with E-state index in [-0.39, 0.29) is 24.2 Å². The number of Topliss-reactive ketones (excluding diaryl/α,β-unsaturated/α-hetero) is 1. The zero-order valence-electron chi connectivity index (χ0n) is 12.6. The van der Waals surface area contributed by atoms with Crippen LogP contribution in [0.2, 0.25) is 0 Å². The van der Waals surface area contributed by atoms with Crippen LogP contribution in [0, 0.1) is 12.7 Å². The maximum absolute atomic E-state index is 13.8. The Morgan fingerprint density at radius 2 is 1.76 bits per heavy atom. The monoisotopic (exact) mass is 285 g/mol. The molecule has 0 fully saturated rings. The molecule has 0 aliphatic heterocycles. The van der Waals surface area contributed by atoms with Gasteiger partial charge in [0.2, 0.25) is 0 Å². The van der Waals surface area contributed by atoms with Gasteiger partial charge >= 0.3 is 0 Å². The van der Waals surface area contributed by atoms with E-state index in [9.17, 15) is 9.18 Å². The lowest BCUT2D eigenvalue weighted by Gasteiger charge is -2.24. The van der Waals surface area contributed by atoms with Gasteiger partial charge in [0.1, 0.15) is 5.82 Å². The molecular weight excluding hydrogens is 265 g/mol. The Morgan fingerprint density at radius 3 is 2.38 bits per heavy atom. The minimum Gasteiger partial charge on any atom is -0.293 e. The highest BCUT2D eigenvalue weighted by atomic mass is 19.1. The van der Waals surface area contributed by atoms with Crippen LogP contribution in [-0.4, -0.2) is 24.3 Å². The molecule has 1 atom stereocenters. The van der Waals surface area contributed by atoms with Crippen molar-refractivity contribution in [3.8, 4) is 0 Å². The van der Waals surface area contributed by atoms with Gasteiger partial charge in [-0.1, -0.05) is 48.0 Å². The second-order valence-corrected chi connectivity index (χ2v) is 5.40. The average molecular weight is 285 g/mol. The molecular formula is C18H20FNO. The maximum atomic E-state index is 13.8. The molecule has 0 bridgehead atoms. The Hall–Kier alpha value is -2.00. The number of carbonyl (C=O) groups is 1. The summed E-state index contributed by atoms with van der Waals surface area (Å²) < 4.78 is 13.8. The lowest BCUT2D eigenvalue weighted by atomic mass is 10.0. The lowest BCUT2D eigenvalue weighted by molar-refractivity contribution is 0.0923. The second-order valence-electron chi connectivity index (χ2n) is 5.40. The zero-order valence-corrected chi connectivity index (χ0v) is 12.6. The average Bonchev–Trinajstić information content (AvgIpc) is 2.47. The van der Waals surface area contributed by atoms with Gasteiger partial charge in [-0.05, 0) is 27.0 Å². The van der Waals surface area contributed by atoms with Gasteiger partial charge in [0, 0.05) is 17.2 Å². The van der Waals surface area contributed by atoms with Gasteiger partial charge in [-0.25, -0.2) is 4.39 Å². The normalized spacial score (nSPS) is 12.4. The highest BCUT2D eigenvalue weighted by Gasteiger charge is 2.18. The molecule has 0 saturated heterocycles. The number of halogens is 1. The highest BCUT2D eigenvalue weighted by Crippen LogP contribution is 2.21. The van der Waals surface area contributed by atoms with Crippen molar-refractivity contribution >= 4 is 5.78 Å². The number of nitrogens with zero attached hydrogens (tertiary/aromatic N) is 1. The smallest absolute Gasteiger partial charge is 0.176 e. The van der Waals surface area contributed by atoms with Crippen LogP contribution >= 0.6 is 0 Å². The summed E-state index contributed by atoms with van der Waals surface area (Å²) in [5.74, 6) is -0.194. The topological polar surface area (TPSA) is 20.3 Å². The molecule has 0 aliphatic rings. The van der Waals surface area contributed by atoms with Gasteiger partial charge in [0.15, 0.2) is 5.78 Å². The fourth-order valence-corrected chi connectivity index (χ4v) is 2.25. The SMILES string of the molecule is Cc1ccc(C(=O)CN(C)C(C)c2ccccc2F)cc1. The quantitative estimate of drug-likeness (QED) is 0.774. The van der Waals surface area contributed by atoms with E-state index in [1.165, 1.54) is 6.07 Å². The van der Waals surface area contributed by atoms with Crippen LogP contribution in [0.4, 0.5) is 4.39 Å². The molecule has 1 unspecified atom stereocenters. The molecule has 0 radical (unpaired) electrons. The molecule has 2 aromatic rings. The molecule has 21 heavy (non-hydrogen) atoms. The summed E-state index contributed by atoms with van der Waals surface area (Å²) in [6.07, 6.45) is 0. The minimum atomic E-state index is -0.236. The van der Waals surface area contributed by atoms with Gasteiger partial charge in [0.25, 0.3) is 0 Å². The number of carbonyl (C=O) groups excluding carboxylic acids is 1. The van der Waals surface area contributed by atoms with Crippen molar-refractivity contribution < 1.29 is 9.18 Å². The minimum absolute atomic E-state index is 0.0423. The van der Waals surface area contributed by atoms with Crippen LogP contribution in [-0.2, 0) is 0 Å². The van der Waals surface area contributed by atoms with Crippen LogP contribution in [0.1, 0.15) is 34.5 Å². The van der Waals surface area contributed by atoms with Crippen LogP contribution in [0.5, 0.6) is 0 Å². The molecule has 0 heterocycles. The van der Waals surface area contributed by atoms with Crippen molar-refractivity contribution in [2.24, 2.45) is 0 Å². The number of ketones is 1. The third kappa shape index (κ3) is 3.76. The zero-order chi connectivity index (χ0) is 15.4. The molecule has 0 spiro atoms. The van der Waals surface area contributed by atoms with Gasteiger partial charge in [-0.15, -0.1) is 0 Å². The summed E-state index contributed by atoms with van der Waals surface area (Å²) in [7, 11) is 1.84. The van der Waals surface area contributed by atoms with E-state index in [4.69, 9.17) is 0 Å². The Bertz CT molecular complexity index is 621. The Morgan fingerprint density at radius 1 is 1.14 bits per heavy atom. The Balaban J connectivity index is 2.07. The predicted molar refractivity (Wildman–Crippen MR) is 83.0 cm³/mol. The van der Waals surface area contributed by atoms with Gasteiger partial charge in [0.05, 0.1) is 6.54 Å². The van der Waals surface area contributed by atoms with Crippen LogP contribution < -0.4 is 0 Å². The Labute approximate surface area is 125 Å². The number of likely N-dealkylation sites (N-methyl/N-ethyl adjacent to an activating group) is 1. The first-order valence-electron chi connectivity index (χ1n) is 7.03. The predicted octanol–water partition coefficient (Wildman–Crippen LogP) is 4.01. The molecule has 110 valence electrons. The number of hydrogen-bond donors (Lipinski definition) is 0. The van der Waals surface area contributed by atoms with Gasteiger partial charge in [-0.3, -0.25) is 9.69 Å². The van der Waals surface area contributed by atoms with Crippen molar-refractivity contribution in [1.82, 2.24) is 4.90 Å². The first-order valence-corrected chi connectivity index (χ1v) is 7.03. The summed E-state index contributed by atoms with van der Waals surface area (Å²) >= 11 is 0. The molecule has 3 heteroatoms. The molecule has 0 saturated carbocycles. The van der Waals surface area contributed by atoms with E-state index >= 15 is 0 Å². The van der Waals surface area contributed by atoms with E-state index in [1.54, 1.807) is 12.1 Å². The number of benzene rings is 2. The maximum Gasteiger partial charge on any atom is 0.176 e. The third-order valence-corrected chi connectivity index (χ3v) is 3.78. The molecule has 0 aromatic heterocycles. The van der Waals surface area contributed by atoms with Crippen molar-refractivity contribution in [3.63, 3.8) is 0 Å². The summed E-state index contributed by atoms with van der Waals surface area (Å²) in [5, 5.41) is 0. The van der Waals surface area contributed by atoms with Crippen molar-refractivity contribution in [3.05, 3.63) is 71.0 Å². The lowest BCUT2D eigenvalue weighted by Crippen LogP contribution is -2.29. The summed E-state index contributed by atoms with van der Waals surface area (Å²) in [6.45, 7) is 4.15. The van der Waals surface area contributed by atoms with Crippen molar-refractivity contribution in [1.29, 1.82) is 0 Å². The highest BCUT2D eigenvalue weighted by molar-refractivity contribution is 5.97. The summed E-state index contributed by atoms with van der Waals surface area (Å²) in [6, 6.07) is 14.0. The van der Waals surface area contributed by atoms with E-state index in [1.807, 2.05) is 56.1 Å². The third-order valence-electron chi connectivity index (χ3n) is 3.78. The molecule has 0 aliphatic carbocycles. The standard InChI is InChI=1S/C18H20FNO/c1-13-8-10-15(11-9-13)18(21)12-20(3)14(2)16-6-4-5-7-17(16)19/h4-11,14H,12H2,1-3H3. The number of aryl methyl sites for hydroxylation is 1.